The largest absolute Gasteiger partial charge is 0.481 e. The molecule has 0 aromatic carbocycles. The van der Waals surface area contributed by atoms with Crippen molar-refractivity contribution in [3.8, 4) is 5.88 Å². The van der Waals surface area contributed by atoms with E-state index in [0.717, 1.165) is 19.0 Å². The number of amides is 1. The number of allylic oxidation sites excluding steroid dienone is 4. The predicted octanol–water partition coefficient (Wildman–Crippen LogP) is 5.55. The van der Waals surface area contributed by atoms with E-state index in [4.69, 9.17) is 18.9 Å². The van der Waals surface area contributed by atoms with Crippen LogP contribution in [-0.2, 0) is 14.2 Å². The molecule has 2 aliphatic heterocycles. The van der Waals surface area contributed by atoms with E-state index in [1.807, 2.05) is 6.08 Å². The zero-order chi connectivity index (χ0) is 26.5. The SMILES string of the molecule is COc1ccc2ncc(F)c(C(O)CCCCC3CN(C4=COC=C(CC5=CC=CCC5)O4)C(=O)O3)c2n1. The lowest BCUT2D eigenvalue weighted by Gasteiger charge is -2.22. The maximum atomic E-state index is 14.6. The molecule has 1 saturated heterocycles. The summed E-state index contributed by atoms with van der Waals surface area (Å²) in [4.78, 5) is 22.3. The van der Waals surface area contributed by atoms with Crippen molar-refractivity contribution in [3.05, 3.63) is 77.7 Å². The van der Waals surface area contributed by atoms with Crippen LogP contribution in [0, 0.1) is 5.82 Å². The molecule has 2 unspecified atom stereocenters. The number of methoxy groups -OCH3 is 1. The first kappa shape index (κ1) is 25.7. The average Bonchev–Trinajstić information content (AvgIpc) is 3.31. The Kier molecular flexibility index (Phi) is 7.88. The molecule has 1 aliphatic carbocycles. The van der Waals surface area contributed by atoms with Crippen LogP contribution in [0.5, 0.6) is 5.88 Å². The number of carbonyl (C=O) groups excluding carboxylic acids is 1. The Morgan fingerprint density at radius 1 is 1.29 bits per heavy atom. The Balaban J connectivity index is 1.11. The number of pyridine rings is 2. The highest BCUT2D eigenvalue weighted by Crippen LogP contribution is 2.31. The van der Waals surface area contributed by atoms with E-state index in [-0.39, 0.29) is 17.2 Å². The van der Waals surface area contributed by atoms with E-state index in [9.17, 15) is 14.3 Å². The fourth-order valence-corrected chi connectivity index (χ4v) is 4.75. The van der Waals surface area contributed by atoms with Gasteiger partial charge in [0.1, 0.15) is 29.5 Å². The van der Waals surface area contributed by atoms with E-state index < -0.39 is 18.0 Å². The monoisotopic (exact) mass is 523 g/mol. The van der Waals surface area contributed by atoms with Crippen LogP contribution in [0.4, 0.5) is 9.18 Å². The fourth-order valence-electron chi connectivity index (χ4n) is 4.75. The summed E-state index contributed by atoms with van der Waals surface area (Å²) >= 11 is 0. The van der Waals surface area contributed by atoms with Crippen molar-refractivity contribution in [2.75, 3.05) is 13.7 Å². The molecule has 3 aliphatic rings. The van der Waals surface area contributed by atoms with Gasteiger partial charge in [-0.15, -0.1) is 0 Å². The number of nitrogens with zero attached hydrogens (tertiary/aromatic N) is 3. The summed E-state index contributed by atoms with van der Waals surface area (Å²) in [6, 6.07) is 3.32. The number of carbonyl (C=O) groups is 1. The van der Waals surface area contributed by atoms with Gasteiger partial charge in [-0.1, -0.05) is 30.2 Å². The highest BCUT2D eigenvalue weighted by molar-refractivity contribution is 5.78. The Labute approximate surface area is 219 Å². The molecule has 0 radical (unpaired) electrons. The van der Waals surface area contributed by atoms with Crippen LogP contribution in [0.25, 0.3) is 11.0 Å². The molecule has 1 fully saturated rings. The quantitative estimate of drug-likeness (QED) is 0.405. The maximum Gasteiger partial charge on any atom is 0.417 e. The van der Waals surface area contributed by atoms with Crippen LogP contribution in [0.2, 0.25) is 0 Å². The summed E-state index contributed by atoms with van der Waals surface area (Å²) in [7, 11) is 1.47. The molecule has 5 rings (SSSR count). The number of aliphatic hydroxyl groups excluding tert-OH is 1. The molecule has 4 heterocycles. The summed E-state index contributed by atoms with van der Waals surface area (Å²) in [5, 5.41) is 10.8. The molecule has 38 heavy (non-hydrogen) atoms. The minimum absolute atomic E-state index is 0.109. The van der Waals surface area contributed by atoms with Gasteiger partial charge in [0.25, 0.3) is 0 Å². The van der Waals surface area contributed by atoms with Gasteiger partial charge in [-0.2, -0.15) is 0 Å². The van der Waals surface area contributed by atoms with Gasteiger partial charge in [0, 0.05) is 18.1 Å². The van der Waals surface area contributed by atoms with E-state index >= 15 is 0 Å². The molecule has 2 aromatic rings. The maximum absolute atomic E-state index is 14.6. The minimum atomic E-state index is -1.05. The molecule has 9 nitrogen and oxygen atoms in total. The number of hydrogen-bond donors (Lipinski definition) is 1. The third-order valence-electron chi connectivity index (χ3n) is 6.72. The number of halogens is 1. The van der Waals surface area contributed by atoms with Crippen molar-refractivity contribution in [2.45, 2.75) is 57.2 Å². The molecular weight excluding hydrogens is 493 g/mol. The summed E-state index contributed by atoms with van der Waals surface area (Å²) in [5.41, 5.74) is 2.11. The lowest BCUT2D eigenvalue weighted by Crippen LogP contribution is -2.27. The van der Waals surface area contributed by atoms with Gasteiger partial charge < -0.3 is 24.1 Å². The topological polar surface area (TPSA) is 103 Å². The van der Waals surface area contributed by atoms with Gasteiger partial charge in [-0.05, 0) is 38.2 Å². The van der Waals surface area contributed by atoms with Crippen LogP contribution in [0.15, 0.2) is 66.3 Å². The number of rotatable bonds is 10. The van der Waals surface area contributed by atoms with Crippen molar-refractivity contribution >= 4 is 17.1 Å². The summed E-state index contributed by atoms with van der Waals surface area (Å²) in [6.45, 7) is 0.336. The van der Waals surface area contributed by atoms with Crippen molar-refractivity contribution in [1.82, 2.24) is 14.9 Å². The molecule has 1 amide bonds. The number of unbranched alkanes of at least 4 members (excludes halogenated alkanes) is 1. The third kappa shape index (κ3) is 5.80. The van der Waals surface area contributed by atoms with E-state index in [1.54, 1.807) is 18.4 Å². The van der Waals surface area contributed by atoms with Crippen LogP contribution < -0.4 is 4.74 Å². The molecule has 10 heteroatoms. The minimum Gasteiger partial charge on any atom is -0.481 e. The summed E-state index contributed by atoms with van der Waals surface area (Å²) in [6.07, 6.45) is 13.2. The number of hydrogen-bond acceptors (Lipinski definition) is 8. The van der Waals surface area contributed by atoms with Gasteiger partial charge in [-0.3, -0.25) is 4.98 Å². The number of aliphatic hydroxyl groups is 1. The molecule has 0 saturated carbocycles. The Hall–Kier alpha value is -3.92. The van der Waals surface area contributed by atoms with Crippen molar-refractivity contribution in [2.24, 2.45) is 0 Å². The lowest BCUT2D eigenvalue weighted by molar-refractivity contribution is 0.113. The third-order valence-corrected chi connectivity index (χ3v) is 6.72. The van der Waals surface area contributed by atoms with Crippen molar-refractivity contribution < 1.29 is 33.2 Å². The summed E-state index contributed by atoms with van der Waals surface area (Å²) in [5.74, 6) is 0.649. The van der Waals surface area contributed by atoms with E-state index in [2.05, 4.69) is 22.1 Å². The normalized spacial score (nSPS) is 19.8. The van der Waals surface area contributed by atoms with Gasteiger partial charge in [0.2, 0.25) is 11.8 Å². The summed E-state index contributed by atoms with van der Waals surface area (Å²) < 4.78 is 36.6. The van der Waals surface area contributed by atoms with Gasteiger partial charge >= 0.3 is 6.09 Å². The van der Waals surface area contributed by atoms with Gasteiger partial charge in [0.15, 0.2) is 6.26 Å². The van der Waals surface area contributed by atoms with E-state index in [0.29, 0.717) is 61.7 Å². The molecular formula is C28H30FN3O6. The van der Waals surface area contributed by atoms with Crippen LogP contribution in [0.3, 0.4) is 0 Å². The van der Waals surface area contributed by atoms with E-state index in [1.165, 1.54) is 23.8 Å². The van der Waals surface area contributed by atoms with Crippen LogP contribution in [0.1, 0.15) is 56.6 Å². The molecule has 1 N–H and O–H groups in total. The highest BCUT2D eigenvalue weighted by atomic mass is 19.1. The zero-order valence-corrected chi connectivity index (χ0v) is 21.1. The number of cyclic esters (lactones) is 1. The highest BCUT2D eigenvalue weighted by Gasteiger charge is 2.35. The predicted molar refractivity (Wildman–Crippen MR) is 136 cm³/mol. The van der Waals surface area contributed by atoms with Crippen molar-refractivity contribution in [1.29, 1.82) is 0 Å². The molecule has 200 valence electrons. The Morgan fingerprint density at radius 2 is 2.18 bits per heavy atom. The zero-order valence-electron chi connectivity index (χ0n) is 21.1. The van der Waals surface area contributed by atoms with Gasteiger partial charge in [-0.25, -0.2) is 19.1 Å². The van der Waals surface area contributed by atoms with Crippen LogP contribution >= 0.6 is 0 Å². The van der Waals surface area contributed by atoms with Gasteiger partial charge in [0.05, 0.1) is 31.5 Å². The molecule has 0 spiro atoms. The number of ether oxygens (including phenoxy) is 4. The second kappa shape index (κ2) is 11.6. The first-order chi connectivity index (χ1) is 18.5. The lowest BCUT2D eigenvalue weighted by atomic mass is 10.0. The molecule has 2 atom stereocenters. The standard InChI is InChI=1S/C28H30FN3O6/c1-35-24-12-11-22-27(31-24)26(21(29)14-30-22)23(33)10-6-5-9-19-15-32(28(34)38-19)25-17-36-16-20(37-25)13-18-7-3-2-4-8-18/h2-3,7,11-12,14,16-17,19,23,33H,4-6,8-10,13,15H2,1H3. The fraction of sp³-hybridized carbons (Fsp3) is 0.393. The molecule has 0 bridgehead atoms. The van der Waals surface area contributed by atoms with Crippen LogP contribution in [-0.4, -0.2) is 45.8 Å². The second-order valence-corrected chi connectivity index (χ2v) is 9.40. The first-order valence-electron chi connectivity index (χ1n) is 12.7. The Morgan fingerprint density at radius 3 is 3.00 bits per heavy atom. The molecule has 2 aromatic heterocycles. The average molecular weight is 524 g/mol. The first-order valence-corrected chi connectivity index (χ1v) is 12.7. The number of aromatic nitrogens is 2. The van der Waals surface area contributed by atoms with Crippen molar-refractivity contribution in [3.63, 3.8) is 0 Å². The smallest absolute Gasteiger partial charge is 0.417 e. The Bertz CT molecular complexity index is 1320. The second-order valence-electron chi connectivity index (χ2n) is 9.40. The number of fused-ring (bicyclic) bond motifs is 1.